The van der Waals surface area contributed by atoms with E-state index in [0.29, 0.717) is 30.8 Å². The number of nitrogens with zero attached hydrogens (tertiary/aromatic N) is 5. The molecule has 2 fully saturated rings. The summed E-state index contributed by atoms with van der Waals surface area (Å²) >= 11 is 0. The van der Waals surface area contributed by atoms with Crippen LogP contribution >= 0.6 is 0 Å². The Labute approximate surface area is 187 Å². The predicted molar refractivity (Wildman–Crippen MR) is 122 cm³/mol. The summed E-state index contributed by atoms with van der Waals surface area (Å²) in [5.74, 6) is 1.61. The van der Waals surface area contributed by atoms with Crippen LogP contribution in [-0.2, 0) is 11.3 Å². The molecule has 2 aromatic heterocycles. The summed E-state index contributed by atoms with van der Waals surface area (Å²) < 4.78 is 13.8. The van der Waals surface area contributed by atoms with Crippen LogP contribution in [0.4, 0.5) is 11.6 Å². The number of anilines is 2. The van der Waals surface area contributed by atoms with Crippen molar-refractivity contribution in [2.45, 2.75) is 38.5 Å². The summed E-state index contributed by atoms with van der Waals surface area (Å²) in [7, 11) is 4.11. The Morgan fingerprint density at radius 3 is 2.81 bits per heavy atom. The summed E-state index contributed by atoms with van der Waals surface area (Å²) in [4.78, 5) is 11.4. The zero-order valence-corrected chi connectivity index (χ0v) is 18.7. The van der Waals surface area contributed by atoms with E-state index in [1.165, 1.54) is 5.56 Å². The van der Waals surface area contributed by atoms with Crippen LogP contribution in [0.5, 0.6) is 5.75 Å². The summed E-state index contributed by atoms with van der Waals surface area (Å²) in [6, 6.07) is 10.4. The van der Waals surface area contributed by atoms with Crippen LogP contribution < -0.4 is 10.1 Å². The van der Waals surface area contributed by atoms with Gasteiger partial charge in [0, 0.05) is 24.0 Å². The molecular formula is C24H28N6O2. The molecule has 32 heavy (non-hydrogen) atoms. The van der Waals surface area contributed by atoms with Gasteiger partial charge >= 0.3 is 0 Å². The van der Waals surface area contributed by atoms with E-state index in [1.807, 2.05) is 16.7 Å². The van der Waals surface area contributed by atoms with Crippen LogP contribution in [0.3, 0.4) is 0 Å². The average molecular weight is 433 g/mol. The molecule has 1 saturated carbocycles. The number of rotatable bonds is 7. The minimum Gasteiger partial charge on any atom is -0.488 e. The normalized spacial score (nSPS) is 20.6. The third-order valence-electron chi connectivity index (χ3n) is 5.96. The molecule has 166 valence electrons. The third-order valence-corrected chi connectivity index (χ3v) is 5.96. The summed E-state index contributed by atoms with van der Waals surface area (Å²) in [5, 5.41) is 13.9. The molecule has 0 spiro atoms. The van der Waals surface area contributed by atoms with Crippen molar-refractivity contribution in [1.29, 1.82) is 5.26 Å². The monoisotopic (exact) mass is 432 g/mol. The second-order valence-electron chi connectivity index (χ2n) is 9.08. The highest BCUT2D eigenvalue weighted by atomic mass is 16.5. The summed E-state index contributed by atoms with van der Waals surface area (Å²) in [6.45, 7) is 4.25. The lowest BCUT2D eigenvalue weighted by Gasteiger charge is -2.18. The molecule has 8 heteroatoms. The number of aromatic nitrogens is 3. The van der Waals surface area contributed by atoms with E-state index >= 15 is 0 Å². The van der Waals surface area contributed by atoms with Gasteiger partial charge in [-0.15, -0.1) is 0 Å². The number of hydrogen-bond acceptors (Lipinski definition) is 7. The number of ether oxygens (including phenoxy) is 2. The van der Waals surface area contributed by atoms with Gasteiger partial charge in [-0.25, -0.2) is 4.98 Å². The van der Waals surface area contributed by atoms with Crippen LogP contribution in [0.25, 0.3) is 11.0 Å². The lowest BCUT2D eigenvalue weighted by molar-refractivity contribution is 0.182. The highest BCUT2D eigenvalue weighted by molar-refractivity contribution is 5.80. The molecule has 0 amide bonds. The molecule has 1 aliphatic carbocycles. The molecular weight excluding hydrogens is 404 g/mol. The Balaban J connectivity index is 1.49. The molecule has 0 unspecified atom stereocenters. The Kier molecular flexibility index (Phi) is 5.45. The third kappa shape index (κ3) is 4.14. The second kappa shape index (κ2) is 8.41. The zero-order chi connectivity index (χ0) is 22.2. The molecule has 0 radical (unpaired) electrons. The van der Waals surface area contributed by atoms with Gasteiger partial charge in [-0.2, -0.15) is 10.2 Å². The van der Waals surface area contributed by atoms with Crippen LogP contribution in [0.1, 0.15) is 37.1 Å². The maximum Gasteiger partial charge on any atom is 0.229 e. The van der Waals surface area contributed by atoms with E-state index in [1.54, 1.807) is 6.20 Å². The molecule has 0 bridgehead atoms. The second-order valence-corrected chi connectivity index (χ2v) is 9.08. The molecule has 1 N–H and O–H groups in total. The zero-order valence-electron chi connectivity index (χ0n) is 18.7. The van der Waals surface area contributed by atoms with E-state index in [9.17, 15) is 5.26 Å². The first-order chi connectivity index (χ1) is 15.5. The van der Waals surface area contributed by atoms with Gasteiger partial charge in [0.2, 0.25) is 5.95 Å². The maximum absolute atomic E-state index is 9.69. The van der Waals surface area contributed by atoms with E-state index in [0.717, 1.165) is 41.9 Å². The Hall–Kier alpha value is -3.15. The Morgan fingerprint density at radius 1 is 1.28 bits per heavy atom. The van der Waals surface area contributed by atoms with Gasteiger partial charge in [-0.3, -0.25) is 0 Å². The first-order valence-electron chi connectivity index (χ1n) is 11.1. The largest absolute Gasteiger partial charge is 0.488 e. The lowest BCUT2D eigenvalue weighted by atomic mass is 10.1. The van der Waals surface area contributed by atoms with Gasteiger partial charge < -0.3 is 24.3 Å². The van der Waals surface area contributed by atoms with Crippen LogP contribution in [0, 0.1) is 17.2 Å². The van der Waals surface area contributed by atoms with Crippen molar-refractivity contribution in [3.05, 3.63) is 41.7 Å². The van der Waals surface area contributed by atoms with E-state index in [2.05, 4.69) is 54.4 Å². The lowest BCUT2D eigenvalue weighted by Crippen LogP contribution is -2.17. The van der Waals surface area contributed by atoms with Crippen molar-refractivity contribution in [2.24, 2.45) is 5.92 Å². The average Bonchev–Trinajstić information content (AvgIpc) is 3.36. The van der Waals surface area contributed by atoms with E-state index in [-0.39, 0.29) is 12.1 Å². The van der Waals surface area contributed by atoms with Gasteiger partial charge in [0.05, 0.1) is 31.0 Å². The van der Waals surface area contributed by atoms with Crippen molar-refractivity contribution in [1.82, 2.24) is 19.4 Å². The number of benzene rings is 1. The van der Waals surface area contributed by atoms with Crippen molar-refractivity contribution in [3.8, 4) is 11.8 Å². The van der Waals surface area contributed by atoms with Crippen molar-refractivity contribution >= 4 is 22.7 Å². The molecule has 1 aromatic carbocycles. The predicted octanol–water partition coefficient (Wildman–Crippen LogP) is 3.86. The van der Waals surface area contributed by atoms with Gasteiger partial charge in [0.1, 0.15) is 23.2 Å². The minimum absolute atomic E-state index is 0.0870. The van der Waals surface area contributed by atoms with Gasteiger partial charge in [0.15, 0.2) is 0 Å². The van der Waals surface area contributed by atoms with Crippen molar-refractivity contribution in [3.63, 3.8) is 0 Å². The Bertz CT molecular complexity index is 1180. The standard InChI is InChI=1S/C24H28N6O2/c1-15-13-31-14-21(15)30-18(10-25)9-17-11-26-24(28-23(17)30)27-20-7-4-16(12-29(2)3)8-22(20)32-19-5-6-19/h4,7-9,11,15,19,21H,5-6,12-14H2,1-3H3,(H,26,27,28)/t15-,21-/m0/s1. The maximum atomic E-state index is 9.69. The van der Waals surface area contributed by atoms with E-state index in [4.69, 9.17) is 14.5 Å². The number of nitriles is 1. The fourth-order valence-electron chi connectivity index (χ4n) is 4.19. The fraction of sp³-hybridized carbons (Fsp3) is 0.458. The molecule has 5 rings (SSSR count). The fourth-order valence-corrected chi connectivity index (χ4v) is 4.19. The SMILES string of the molecule is C[C@H]1COC[C@@H]1n1c(C#N)cc2cnc(Nc3ccc(CN(C)C)cc3OC3CC3)nc21. The van der Waals surface area contributed by atoms with Gasteiger partial charge in [-0.1, -0.05) is 13.0 Å². The topological polar surface area (TPSA) is 88.2 Å². The first kappa shape index (κ1) is 20.7. The summed E-state index contributed by atoms with van der Waals surface area (Å²) in [6.07, 6.45) is 4.23. The number of fused-ring (bicyclic) bond motifs is 1. The summed E-state index contributed by atoms with van der Waals surface area (Å²) in [5.41, 5.74) is 3.36. The van der Waals surface area contributed by atoms with Gasteiger partial charge in [-0.05, 0) is 50.7 Å². The molecule has 2 aliphatic rings. The molecule has 8 nitrogen and oxygen atoms in total. The van der Waals surface area contributed by atoms with E-state index < -0.39 is 0 Å². The molecule has 2 atom stereocenters. The molecule has 3 aromatic rings. The number of hydrogen-bond donors (Lipinski definition) is 1. The van der Waals surface area contributed by atoms with Crippen LogP contribution in [-0.4, -0.2) is 52.8 Å². The smallest absolute Gasteiger partial charge is 0.229 e. The van der Waals surface area contributed by atoms with Crippen LogP contribution in [0.15, 0.2) is 30.5 Å². The highest BCUT2D eigenvalue weighted by Crippen LogP contribution is 2.35. The van der Waals surface area contributed by atoms with Crippen molar-refractivity contribution < 1.29 is 9.47 Å². The number of nitrogens with one attached hydrogen (secondary N) is 1. The van der Waals surface area contributed by atoms with Crippen molar-refractivity contribution in [2.75, 3.05) is 32.6 Å². The molecule has 1 aliphatic heterocycles. The minimum atomic E-state index is 0.0870. The Morgan fingerprint density at radius 2 is 2.12 bits per heavy atom. The van der Waals surface area contributed by atoms with Crippen LogP contribution in [0.2, 0.25) is 0 Å². The molecule has 1 saturated heterocycles. The highest BCUT2D eigenvalue weighted by Gasteiger charge is 2.30. The van der Waals surface area contributed by atoms with Gasteiger partial charge in [0.25, 0.3) is 0 Å². The first-order valence-corrected chi connectivity index (χ1v) is 11.1. The quantitative estimate of drug-likeness (QED) is 0.606. The molecule has 3 heterocycles.